The van der Waals surface area contributed by atoms with Crippen molar-refractivity contribution in [1.82, 2.24) is 9.97 Å². The molecule has 0 atom stereocenters. The van der Waals surface area contributed by atoms with Crippen LogP contribution in [0.15, 0.2) is 18.2 Å². The van der Waals surface area contributed by atoms with Gasteiger partial charge in [0.2, 0.25) is 0 Å². The van der Waals surface area contributed by atoms with Crippen LogP contribution in [0.2, 0.25) is 5.15 Å². The molecule has 0 saturated carbocycles. The molecule has 1 heterocycles. The van der Waals surface area contributed by atoms with Crippen molar-refractivity contribution >= 4 is 29.4 Å². The Morgan fingerprint density at radius 3 is 2.80 bits per heavy atom. The van der Waals surface area contributed by atoms with E-state index < -0.39 is 5.82 Å². The SMILES string of the molecule is COc1cc(Nc2nc(C)nc(Cl)c2C=O)ccc1F. The lowest BCUT2D eigenvalue weighted by atomic mass is 10.2. The fraction of sp³-hybridized carbons (Fsp3) is 0.154. The fourth-order valence-corrected chi connectivity index (χ4v) is 1.88. The summed E-state index contributed by atoms with van der Waals surface area (Å²) in [7, 11) is 1.37. The van der Waals surface area contributed by atoms with E-state index in [1.807, 2.05) is 0 Å². The first-order valence-corrected chi connectivity index (χ1v) is 6.03. The number of aromatic nitrogens is 2. The molecular formula is C13H11ClFN3O2. The number of ether oxygens (including phenoxy) is 1. The molecule has 5 nitrogen and oxygen atoms in total. The minimum atomic E-state index is -0.481. The number of anilines is 2. The number of hydrogen-bond acceptors (Lipinski definition) is 5. The van der Waals surface area contributed by atoms with Gasteiger partial charge >= 0.3 is 0 Å². The Morgan fingerprint density at radius 2 is 2.15 bits per heavy atom. The maximum Gasteiger partial charge on any atom is 0.165 e. The first-order chi connectivity index (χ1) is 9.55. The molecule has 104 valence electrons. The van der Waals surface area contributed by atoms with Gasteiger partial charge in [-0.1, -0.05) is 11.6 Å². The van der Waals surface area contributed by atoms with Crippen molar-refractivity contribution in [2.75, 3.05) is 12.4 Å². The topological polar surface area (TPSA) is 64.1 Å². The summed E-state index contributed by atoms with van der Waals surface area (Å²) in [5.74, 6) is 0.272. The predicted octanol–water partition coefficient (Wildman–Crippen LogP) is 3.14. The number of carbonyl (C=O) groups excluding carboxylic acids is 1. The van der Waals surface area contributed by atoms with E-state index in [0.717, 1.165) is 0 Å². The monoisotopic (exact) mass is 295 g/mol. The highest BCUT2D eigenvalue weighted by molar-refractivity contribution is 6.32. The number of rotatable bonds is 4. The maximum atomic E-state index is 13.3. The molecule has 0 fully saturated rings. The molecule has 0 saturated heterocycles. The maximum absolute atomic E-state index is 13.3. The smallest absolute Gasteiger partial charge is 0.165 e. The number of halogens is 2. The van der Waals surface area contributed by atoms with Crippen molar-refractivity contribution in [3.05, 3.63) is 40.6 Å². The van der Waals surface area contributed by atoms with Gasteiger partial charge in [0, 0.05) is 11.8 Å². The minimum absolute atomic E-state index is 0.0593. The number of nitrogens with one attached hydrogen (secondary N) is 1. The number of methoxy groups -OCH3 is 1. The molecule has 1 aromatic carbocycles. The van der Waals surface area contributed by atoms with Crippen molar-refractivity contribution in [2.24, 2.45) is 0 Å². The van der Waals surface area contributed by atoms with E-state index in [0.29, 0.717) is 17.8 Å². The van der Waals surface area contributed by atoms with Crippen molar-refractivity contribution in [1.29, 1.82) is 0 Å². The van der Waals surface area contributed by atoms with E-state index >= 15 is 0 Å². The van der Waals surface area contributed by atoms with Gasteiger partial charge in [-0.2, -0.15) is 0 Å². The molecule has 0 aliphatic rings. The molecule has 0 unspecified atom stereocenters. The number of hydrogen-bond donors (Lipinski definition) is 1. The highest BCUT2D eigenvalue weighted by Gasteiger charge is 2.12. The first kappa shape index (κ1) is 14.2. The lowest BCUT2D eigenvalue weighted by Crippen LogP contribution is -2.03. The van der Waals surface area contributed by atoms with Crippen molar-refractivity contribution in [3.63, 3.8) is 0 Å². The average molecular weight is 296 g/mol. The van der Waals surface area contributed by atoms with Crippen LogP contribution in [-0.4, -0.2) is 23.4 Å². The van der Waals surface area contributed by atoms with Gasteiger partial charge in [-0.25, -0.2) is 14.4 Å². The number of benzene rings is 1. The molecule has 2 rings (SSSR count). The summed E-state index contributed by atoms with van der Waals surface area (Å²) in [6.07, 6.45) is 0.560. The highest BCUT2D eigenvalue weighted by atomic mass is 35.5. The van der Waals surface area contributed by atoms with Gasteiger partial charge in [-0.05, 0) is 19.1 Å². The second-order valence-electron chi connectivity index (χ2n) is 3.92. The van der Waals surface area contributed by atoms with Crippen molar-refractivity contribution in [2.45, 2.75) is 6.92 Å². The zero-order valence-electron chi connectivity index (χ0n) is 10.8. The number of carbonyl (C=O) groups is 1. The van der Waals surface area contributed by atoms with Gasteiger partial charge in [0.1, 0.15) is 16.8 Å². The summed E-state index contributed by atoms with van der Waals surface area (Å²) in [5.41, 5.74) is 0.654. The standard InChI is InChI=1S/C13H11ClFN3O2/c1-7-16-12(14)9(6-19)13(17-7)18-8-3-4-10(15)11(5-8)20-2/h3-6H,1-2H3,(H,16,17,18). The Balaban J connectivity index is 2.41. The Labute approximate surface area is 119 Å². The molecular weight excluding hydrogens is 285 g/mol. The number of nitrogens with zero attached hydrogens (tertiary/aromatic N) is 2. The number of aldehydes is 1. The van der Waals surface area contributed by atoms with Crippen LogP contribution in [0.5, 0.6) is 5.75 Å². The lowest BCUT2D eigenvalue weighted by Gasteiger charge is -2.11. The van der Waals surface area contributed by atoms with Crippen LogP contribution < -0.4 is 10.1 Å². The largest absolute Gasteiger partial charge is 0.494 e. The zero-order valence-corrected chi connectivity index (χ0v) is 11.5. The molecule has 1 N–H and O–H groups in total. The van der Waals surface area contributed by atoms with Gasteiger partial charge in [0.15, 0.2) is 17.9 Å². The van der Waals surface area contributed by atoms with Crippen molar-refractivity contribution in [3.8, 4) is 5.75 Å². The molecule has 0 aliphatic heterocycles. The molecule has 7 heteroatoms. The second kappa shape index (κ2) is 5.83. The minimum Gasteiger partial charge on any atom is -0.494 e. The zero-order chi connectivity index (χ0) is 14.7. The van der Waals surface area contributed by atoms with Crippen LogP contribution in [0.25, 0.3) is 0 Å². The normalized spacial score (nSPS) is 10.2. The van der Waals surface area contributed by atoms with Gasteiger partial charge in [0.05, 0.1) is 12.7 Å². The fourth-order valence-electron chi connectivity index (χ4n) is 1.62. The molecule has 1 aromatic heterocycles. The van der Waals surface area contributed by atoms with Gasteiger partial charge in [0.25, 0.3) is 0 Å². The Bertz CT molecular complexity index is 664. The molecule has 0 spiro atoms. The lowest BCUT2D eigenvalue weighted by molar-refractivity contribution is 0.112. The first-order valence-electron chi connectivity index (χ1n) is 5.65. The highest BCUT2D eigenvalue weighted by Crippen LogP contribution is 2.26. The molecule has 2 aromatic rings. The molecule has 0 radical (unpaired) electrons. The molecule has 20 heavy (non-hydrogen) atoms. The quantitative estimate of drug-likeness (QED) is 0.693. The average Bonchev–Trinajstić information content (AvgIpc) is 2.40. The Kier molecular flexibility index (Phi) is 4.14. The van der Waals surface area contributed by atoms with E-state index in [9.17, 15) is 9.18 Å². The van der Waals surface area contributed by atoms with E-state index in [4.69, 9.17) is 16.3 Å². The summed E-state index contributed by atoms with van der Waals surface area (Å²) >= 11 is 5.88. The third kappa shape index (κ3) is 2.85. The molecule has 0 amide bonds. The van der Waals surface area contributed by atoms with Gasteiger partial charge < -0.3 is 10.1 Å². The third-order valence-corrected chi connectivity index (χ3v) is 2.83. The summed E-state index contributed by atoms with van der Waals surface area (Å²) < 4.78 is 18.2. The van der Waals surface area contributed by atoms with E-state index in [1.165, 1.54) is 25.3 Å². The van der Waals surface area contributed by atoms with Crippen LogP contribution in [0.3, 0.4) is 0 Å². The summed E-state index contributed by atoms with van der Waals surface area (Å²) in [6.45, 7) is 1.65. The second-order valence-corrected chi connectivity index (χ2v) is 4.27. The van der Waals surface area contributed by atoms with Crippen LogP contribution in [0.4, 0.5) is 15.9 Å². The van der Waals surface area contributed by atoms with Gasteiger partial charge in [-0.3, -0.25) is 4.79 Å². The molecule has 0 bridgehead atoms. The van der Waals surface area contributed by atoms with Crippen molar-refractivity contribution < 1.29 is 13.9 Å². The predicted molar refractivity (Wildman–Crippen MR) is 73.4 cm³/mol. The third-order valence-electron chi connectivity index (χ3n) is 2.54. The van der Waals surface area contributed by atoms with E-state index in [2.05, 4.69) is 15.3 Å². The van der Waals surface area contributed by atoms with Crippen LogP contribution >= 0.6 is 11.6 Å². The Morgan fingerprint density at radius 1 is 1.40 bits per heavy atom. The van der Waals surface area contributed by atoms with Gasteiger partial charge in [-0.15, -0.1) is 0 Å². The molecule has 0 aliphatic carbocycles. The number of aryl methyl sites for hydroxylation is 1. The van der Waals surface area contributed by atoms with Crippen LogP contribution in [0.1, 0.15) is 16.2 Å². The van der Waals surface area contributed by atoms with Crippen LogP contribution in [-0.2, 0) is 0 Å². The Hall–Kier alpha value is -2.21. The summed E-state index contributed by atoms with van der Waals surface area (Å²) in [5, 5.41) is 2.95. The summed E-state index contributed by atoms with van der Waals surface area (Å²) in [4.78, 5) is 19.0. The van der Waals surface area contributed by atoms with E-state index in [1.54, 1.807) is 6.92 Å². The van der Waals surface area contributed by atoms with Crippen LogP contribution in [0, 0.1) is 12.7 Å². The summed E-state index contributed by atoms with van der Waals surface area (Å²) in [6, 6.07) is 4.20. The van der Waals surface area contributed by atoms with E-state index in [-0.39, 0.29) is 22.3 Å².